The highest BCUT2D eigenvalue weighted by atomic mass is 16.7. The van der Waals surface area contributed by atoms with Crippen molar-refractivity contribution in [1.29, 1.82) is 0 Å². The Balaban J connectivity index is 1.33. The van der Waals surface area contributed by atoms with Crippen LogP contribution >= 0.6 is 0 Å². The molecule has 4 rings (SSSR count). The van der Waals surface area contributed by atoms with Gasteiger partial charge < -0.3 is 78.5 Å². The molecule has 12 unspecified atom stereocenters. The number of nitrogens with zero attached hydrogens (tertiary/aromatic N) is 1. The third-order valence-electron chi connectivity index (χ3n) is 8.01. The number of rotatable bonds is 9. The maximum atomic E-state index is 12.8. The number of nitrogens with one attached hydrogen (secondary N) is 1. The van der Waals surface area contributed by atoms with Gasteiger partial charge in [-0.05, 0) is 19.3 Å². The third kappa shape index (κ3) is 6.66. The summed E-state index contributed by atoms with van der Waals surface area (Å²) in [5, 5.41) is 54.6. The molecule has 230 valence electrons. The SMILES string of the molecule is NCC1OC(OC2C(CO)OC(OC3CC(N)CC(NC(=O)C4(O)CC(N=C(N)N)C4)C3)C2O)C(N)C(O)C1O. The highest BCUT2D eigenvalue weighted by Crippen LogP contribution is 2.36. The normalized spacial score (nSPS) is 47.4. The Bertz CT molecular complexity index is 905. The molecule has 0 aromatic carbocycles. The molecule has 0 radical (unpaired) electrons. The van der Waals surface area contributed by atoms with Crippen molar-refractivity contribution in [3.8, 4) is 0 Å². The molecular formula is C23H43N7O10. The molecule has 2 aliphatic carbocycles. The van der Waals surface area contributed by atoms with Gasteiger partial charge in [-0.3, -0.25) is 9.79 Å². The van der Waals surface area contributed by atoms with Gasteiger partial charge in [0.25, 0.3) is 5.91 Å². The first-order chi connectivity index (χ1) is 18.8. The summed E-state index contributed by atoms with van der Waals surface area (Å²) in [4.78, 5) is 16.7. The van der Waals surface area contributed by atoms with E-state index in [-0.39, 0.29) is 37.4 Å². The van der Waals surface area contributed by atoms with Crippen LogP contribution in [0.4, 0.5) is 0 Å². The zero-order chi connectivity index (χ0) is 29.4. The summed E-state index contributed by atoms with van der Waals surface area (Å²) in [7, 11) is 0. The summed E-state index contributed by atoms with van der Waals surface area (Å²) in [6, 6.07) is -2.25. The predicted molar refractivity (Wildman–Crippen MR) is 137 cm³/mol. The first-order valence-electron chi connectivity index (χ1n) is 13.4. The number of guanidine groups is 1. The average Bonchev–Trinajstić information content (AvgIpc) is 3.16. The standard InChI is InChI=1S/C23H43N7O10/c24-6-12-15(32)16(33)14(26)19(38-12)40-18-13(7-31)39-20(17(18)34)37-11-2-8(25)1-9(3-11)29-21(35)23(36)4-10(5-23)30-22(27)28/h8-20,31-34,36H,1-7,24-26H2,(H,29,35)(H4,27,28,30). The van der Waals surface area contributed by atoms with Crippen LogP contribution in [0.25, 0.3) is 0 Å². The van der Waals surface area contributed by atoms with E-state index < -0.39 is 85.5 Å². The molecule has 2 aliphatic heterocycles. The molecule has 40 heavy (non-hydrogen) atoms. The number of amides is 1. The van der Waals surface area contributed by atoms with Crippen LogP contribution in [0.3, 0.4) is 0 Å². The Hall–Kier alpha value is -1.74. The van der Waals surface area contributed by atoms with E-state index in [1.807, 2.05) is 0 Å². The third-order valence-corrected chi connectivity index (χ3v) is 8.01. The number of aliphatic hydroxyl groups excluding tert-OH is 4. The Morgan fingerprint density at radius 3 is 2.27 bits per heavy atom. The fourth-order valence-corrected chi connectivity index (χ4v) is 5.81. The quantitative estimate of drug-likeness (QED) is 0.0896. The van der Waals surface area contributed by atoms with Gasteiger partial charge in [-0.15, -0.1) is 0 Å². The largest absolute Gasteiger partial charge is 0.394 e. The van der Waals surface area contributed by atoms with Crippen LogP contribution in [0.1, 0.15) is 32.1 Å². The van der Waals surface area contributed by atoms with Gasteiger partial charge in [-0.2, -0.15) is 0 Å². The van der Waals surface area contributed by atoms with Crippen LogP contribution in [-0.2, 0) is 23.7 Å². The Morgan fingerprint density at radius 2 is 1.65 bits per heavy atom. The van der Waals surface area contributed by atoms with E-state index in [0.717, 1.165) is 0 Å². The summed E-state index contributed by atoms with van der Waals surface area (Å²) >= 11 is 0. The minimum absolute atomic E-state index is 0.0951. The molecule has 1 amide bonds. The number of nitrogens with two attached hydrogens (primary N) is 5. The summed E-state index contributed by atoms with van der Waals surface area (Å²) in [6.07, 6.45) is -8.85. The molecule has 0 spiro atoms. The topological polar surface area (TPSA) is 310 Å². The van der Waals surface area contributed by atoms with Gasteiger partial charge in [0.2, 0.25) is 0 Å². The van der Waals surface area contributed by atoms with Crippen LogP contribution in [0.2, 0.25) is 0 Å². The molecule has 0 aromatic rings. The number of hydrogen-bond acceptors (Lipinski definition) is 14. The molecule has 2 saturated heterocycles. The predicted octanol–water partition coefficient (Wildman–Crippen LogP) is -6.27. The average molecular weight is 578 g/mol. The number of hydrogen-bond donors (Lipinski definition) is 11. The fraction of sp³-hybridized carbons (Fsp3) is 0.913. The molecule has 12 atom stereocenters. The first-order valence-corrected chi connectivity index (χ1v) is 13.4. The molecule has 2 saturated carbocycles. The van der Waals surface area contributed by atoms with E-state index in [9.17, 15) is 30.3 Å². The van der Waals surface area contributed by atoms with Gasteiger partial charge in [0, 0.05) is 31.5 Å². The molecule has 17 heteroatoms. The first kappa shape index (κ1) is 31.2. The van der Waals surface area contributed by atoms with Crippen molar-refractivity contribution in [1.82, 2.24) is 5.32 Å². The molecule has 16 N–H and O–H groups in total. The zero-order valence-electron chi connectivity index (χ0n) is 22.1. The van der Waals surface area contributed by atoms with E-state index in [1.54, 1.807) is 0 Å². The lowest BCUT2D eigenvalue weighted by molar-refractivity contribution is -0.280. The lowest BCUT2D eigenvalue weighted by atomic mass is 9.75. The summed E-state index contributed by atoms with van der Waals surface area (Å²) in [6.45, 7) is -0.644. The molecule has 4 fully saturated rings. The second kappa shape index (κ2) is 12.6. The molecule has 4 aliphatic rings. The summed E-state index contributed by atoms with van der Waals surface area (Å²) in [5.74, 6) is -0.659. The van der Waals surface area contributed by atoms with E-state index >= 15 is 0 Å². The minimum Gasteiger partial charge on any atom is -0.394 e. The van der Waals surface area contributed by atoms with E-state index in [0.29, 0.717) is 19.3 Å². The fourth-order valence-electron chi connectivity index (χ4n) is 5.81. The van der Waals surface area contributed by atoms with Crippen molar-refractivity contribution in [2.24, 2.45) is 33.7 Å². The molecule has 0 bridgehead atoms. The number of carbonyl (C=O) groups excluding carboxylic acids is 1. The second-order valence-electron chi connectivity index (χ2n) is 11.2. The van der Waals surface area contributed by atoms with Crippen LogP contribution in [0, 0.1) is 0 Å². The van der Waals surface area contributed by atoms with Gasteiger partial charge in [-0.1, -0.05) is 0 Å². The number of aliphatic imine (C=N–C) groups is 1. The van der Waals surface area contributed by atoms with Gasteiger partial charge in [0.15, 0.2) is 18.5 Å². The van der Waals surface area contributed by atoms with Crippen molar-refractivity contribution in [3.63, 3.8) is 0 Å². The number of carbonyl (C=O) groups is 1. The van der Waals surface area contributed by atoms with E-state index in [4.69, 9.17) is 47.6 Å². The van der Waals surface area contributed by atoms with Gasteiger partial charge in [0.1, 0.15) is 42.2 Å². The van der Waals surface area contributed by atoms with Crippen molar-refractivity contribution < 1.29 is 49.3 Å². The van der Waals surface area contributed by atoms with Gasteiger partial charge in [0.05, 0.1) is 24.8 Å². The van der Waals surface area contributed by atoms with Crippen LogP contribution in [0.5, 0.6) is 0 Å². The Labute approximate surface area is 230 Å². The highest BCUT2D eigenvalue weighted by molar-refractivity contribution is 5.87. The molecule has 2 heterocycles. The number of ether oxygens (including phenoxy) is 4. The zero-order valence-corrected chi connectivity index (χ0v) is 22.1. The highest BCUT2D eigenvalue weighted by Gasteiger charge is 2.52. The Morgan fingerprint density at radius 1 is 0.975 bits per heavy atom. The van der Waals surface area contributed by atoms with E-state index in [1.165, 1.54) is 0 Å². The van der Waals surface area contributed by atoms with Crippen LogP contribution in [-0.4, -0.2) is 136 Å². The molecular weight excluding hydrogens is 534 g/mol. The van der Waals surface area contributed by atoms with Crippen LogP contribution in [0.15, 0.2) is 4.99 Å². The smallest absolute Gasteiger partial charge is 0.252 e. The van der Waals surface area contributed by atoms with Crippen molar-refractivity contribution >= 4 is 11.9 Å². The van der Waals surface area contributed by atoms with Crippen molar-refractivity contribution in [2.75, 3.05) is 13.2 Å². The second-order valence-corrected chi connectivity index (χ2v) is 11.2. The lowest BCUT2D eigenvalue weighted by Crippen LogP contribution is -2.64. The maximum Gasteiger partial charge on any atom is 0.252 e. The number of aliphatic hydroxyl groups is 5. The molecule has 17 nitrogen and oxygen atoms in total. The maximum absolute atomic E-state index is 12.8. The van der Waals surface area contributed by atoms with Crippen LogP contribution < -0.4 is 34.0 Å². The Kier molecular flexibility index (Phi) is 9.86. The minimum atomic E-state index is -1.58. The van der Waals surface area contributed by atoms with Crippen molar-refractivity contribution in [3.05, 3.63) is 0 Å². The van der Waals surface area contributed by atoms with Gasteiger partial charge >= 0.3 is 0 Å². The summed E-state index contributed by atoms with van der Waals surface area (Å²) in [5.41, 5.74) is 26.9. The molecule has 0 aromatic heterocycles. The summed E-state index contributed by atoms with van der Waals surface area (Å²) < 4.78 is 23.1. The lowest BCUT2D eigenvalue weighted by Gasteiger charge is -2.42. The van der Waals surface area contributed by atoms with E-state index in [2.05, 4.69) is 10.3 Å². The van der Waals surface area contributed by atoms with Crippen molar-refractivity contribution in [2.45, 2.75) is 117 Å². The monoisotopic (exact) mass is 577 g/mol. The van der Waals surface area contributed by atoms with Gasteiger partial charge in [-0.25, -0.2) is 0 Å².